The number of hydrogen-bond acceptors (Lipinski definition) is 4. The fraction of sp³-hybridized carbons (Fsp3) is 0.312. The summed E-state index contributed by atoms with van der Waals surface area (Å²) in [4.78, 5) is 28.1. The summed E-state index contributed by atoms with van der Waals surface area (Å²) in [6.07, 6.45) is 0.115. The predicted octanol–water partition coefficient (Wildman–Crippen LogP) is 2.82. The standard InChI is InChI=1S/C16H17FN2O3/c1-9(8-14(20)12-4-6-13(17)7-5-12)18-16(21)15-10(2)19-11(3)22-15/h4-7,9H,8H2,1-3H3,(H,18,21)/t9-/m1/s1. The number of aryl methyl sites for hydroxylation is 2. The molecular weight excluding hydrogens is 287 g/mol. The van der Waals surface area contributed by atoms with Gasteiger partial charge < -0.3 is 9.73 Å². The van der Waals surface area contributed by atoms with Crippen molar-refractivity contribution in [3.05, 3.63) is 53.0 Å². The Morgan fingerprint density at radius 1 is 1.27 bits per heavy atom. The quantitative estimate of drug-likeness (QED) is 0.862. The molecule has 0 aliphatic heterocycles. The van der Waals surface area contributed by atoms with E-state index in [0.29, 0.717) is 17.1 Å². The molecule has 0 radical (unpaired) electrons. The first-order valence-electron chi connectivity index (χ1n) is 6.90. The van der Waals surface area contributed by atoms with Crippen molar-refractivity contribution in [1.82, 2.24) is 10.3 Å². The Balaban J connectivity index is 1.96. The molecular formula is C16H17FN2O3. The number of Topliss-reactive ketones (excluding diaryl/α,β-unsaturated/α-hetero) is 1. The Labute approximate surface area is 127 Å². The number of carbonyl (C=O) groups excluding carboxylic acids is 2. The molecule has 2 aromatic rings. The number of halogens is 1. The lowest BCUT2D eigenvalue weighted by atomic mass is 10.0. The zero-order valence-electron chi connectivity index (χ0n) is 12.6. The van der Waals surface area contributed by atoms with Gasteiger partial charge in [-0.05, 0) is 38.1 Å². The van der Waals surface area contributed by atoms with E-state index in [1.165, 1.54) is 24.3 Å². The molecule has 0 saturated heterocycles. The molecule has 0 aliphatic carbocycles. The Bertz CT molecular complexity index is 692. The first kappa shape index (κ1) is 15.9. The molecule has 2 rings (SSSR count). The van der Waals surface area contributed by atoms with Crippen molar-refractivity contribution < 1.29 is 18.4 Å². The van der Waals surface area contributed by atoms with Crippen LogP contribution in [0.4, 0.5) is 4.39 Å². The molecule has 0 saturated carbocycles. The van der Waals surface area contributed by atoms with Gasteiger partial charge in [0, 0.05) is 24.9 Å². The van der Waals surface area contributed by atoms with Gasteiger partial charge in [-0.15, -0.1) is 0 Å². The molecule has 1 N–H and O–H groups in total. The topological polar surface area (TPSA) is 72.2 Å². The summed E-state index contributed by atoms with van der Waals surface area (Å²) in [6.45, 7) is 5.06. The number of benzene rings is 1. The zero-order valence-corrected chi connectivity index (χ0v) is 12.6. The second-order valence-corrected chi connectivity index (χ2v) is 5.16. The molecule has 1 amide bonds. The average molecular weight is 304 g/mol. The van der Waals surface area contributed by atoms with E-state index in [-0.39, 0.29) is 24.0 Å². The lowest BCUT2D eigenvalue weighted by Gasteiger charge is -2.12. The van der Waals surface area contributed by atoms with Gasteiger partial charge in [0.15, 0.2) is 11.7 Å². The summed E-state index contributed by atoms with van der Waals surface area (Å²) in [6, 6.07) is 4.94. The van der Waals surface area contributed by atoms with Gasteiger partial charge >= 0.3 is 0 Å². The Kier molecular flexibility index (Phi) is 4.70. The minimum atomic E-state index is -0.405. The van der Waals surface area contributed by atoms with Crippen LogP contribution in [0.15, 0.2) is 28.7 Å². The molecule has 1 aromatic heterocycles. The third-order valence-corrected chi connectivity index (χ3v) is 3.15. The van der Waals surface area contributed by atoms with E-state index < -0.39 is 11.7 Å². The maximum atomic E-state index is 12.8. The van der Waals surface area contributed by atoms with E-state index in [1.807, 2.05) is 0 Å². The third kappa shape index (κ3) is 3.78. The summed E-state index contributed by atoms with van der Waals surface area (Å²) in [7, 11) is 0. The van der Waals surface area contributed by atoms with Gasteiger partial charge in [-0.1, -0.05) is 0 Å². The van der Waals surface area contributed by atoms with Gasteiger partial charge in [-0.25, -0.2) is 9.37 Å². The van der Waals surface area contributed by atoms with Crippen molar-refractivity contribution in [2.75, 3.05) is 0 Å². The fourth-order valence-electron chi connectivity index (χ4n) is 2.11. The van der Waals surface area contributed by atoms with E-state index in [2.05, 4.69) is 10.3 Å². The average Bonchev–Trinajstić information content (AvgIpc) is 2.78. The van der Waals surface area contributed by atoms with Gasteiger partial charge in [0.2, 0.25) is 5.76 Å². The van der Waals surface area contributed by atoms with Crippen LogP contribution in [-0.4, -0.2) is 22.7 Å². The molecule has 116 valence electrons. The predicted molar refractivity (Wildman–Crippen MR) is 78.3 cm³/mol. The highest BCUT2D eigenvalue weighted by molar-refractivity contribution is 5.97. The normalized spacial score (nSPS) is 12.0. The highest BCUT2D eigenvalue weighted by Crippen LogP contribution is 2.11. The molecule has 5 nitrogen and oxygen atoms in total. The Morgan fingerprint density at radius 3 is 2.45 bits per heavy atom. The lowest BCUT2D eigenvalue weighted by Crippen LogP contribution is -2.34. The van der Waals surface area contributed by atoms with Gasteiger partial charge in [0.05, 0.1) is 5.69 Å². The van der Waals surface area contributed by atoms with Crippen LogP contribution in [0.5, 0.6) is 0 Å². The number of nitrogens with zero attached hydrogens (tertiary/aromatic N) is 1. The van der Waals surface area contributed by atoms with Crippen molar-refractivity contribution in [2.45, 2.75) is 33.2 Å². The van der Waals surface area contributed by atoms with Crippen molar-refractivity contribution in [3.63, 3.8) is 0 Å². The van der Waals surface area contributed by atoms with E-state index in [4.69, 9.17) is 4.42 Å². The largest absolute Gasteiger partial charge is 0.436 e. The van der Waals surface area contributed by atoms with Crippen LogP contribution in [0, 0.1) is 19.7 Å². The molecule has 22 heavy (non-hydrogen) atoms. The van der Waals surface area contributed by atoms with E-state index >= 15 is 0 Å². The Hall–Kier alpha value is -2.50. The molecule has 0 aliphatic rings. The van der Waals surface area contributed by atoms with Crippen molar-refractivity contribution >= 4 is 11.7 Å². The number of nitrogens with one attached hydrogen (secondary N) is 1. The first-order chi connectivity index (χ1) is 10.4. The number of aromatic nitrogens is 1. The lowest BCUT2D eigenvalue weighted by molar-refractivity contribution is 0.0894. The van der Waals surface area contributed by atoms with Gasteiger partial charge in [-0.2, -0.15) is 0 Å². The van der Waals surface area contributed by atoms with Crippen LogP contribution in [-0.2, 0) is 0 Å². The number of amides is 1. The molecule has 1 atom stereocenters. The number of ketones is 1. The van der Waals surface area contributed by atoms with Crippen molar-refractivity contribution in [3.8, 4) is 0 Å². The smallest absolute Gasteiger partial charge is 0.289 e. The molecule has 0 unspecified atom stereocenters. The number of rotatable bonds is 5. The van der Waals surface area contributed by atoms with Gasteiger partial charge in [0.1, 0.15) is 5.82 Å². The minimum absolute atomic E-state index is 0.115. The number of hydrogen-bond donors (Lipinski definition) is 1. The number of oxazole rings is 1. The minimum Gasteiger partial charge on any atom is -0.436 e. The molecule has 0 spiro atoms. The second kappa shape index (κ2) is 6.51. The van der Waals surface area contributed by atoms with Crippen molar-refractivity contribution in [2.24, 2.45) is 0 Å². The monoisotopic (exact) mass is 304 g/mol. The first-order valence-corrected chi connectivity index (χ1v) is 6.90. The van der Waals surface area contributed by atoms with E-state index in [0.717, 1.165) is 0 Å². The van der Waals surface area contributed by atoms with Crippen LogP contribution >= 0.6 is 0 Å². The van der Waals surface area contributed by atoms with Crippen LogP contribution in [0.25, 0.3) is 0 Å². The maximum Gasteiger partial charge on any atom is 0.289 e. The van der Waals surface area contributed by atoms with Crippen LogP contribution in [0.3, 0.4) is 0 Å². The second-order valence-electron chi connectivity index (χ2n) is 5.16. The SMILES string of the molecule is Cc1nc(C)c(C(=O)N[C@H](C)CC(=O)c2ccc(F)cc2)o1. The van der Waals surface area contributed by atoms with Crippen LogP contribution in [0.1, 0.15) is 45.8 Å². The Morgan fingerprint density at radius 2 is 1.91 bits per heavy atom. The molecule has 6 heteroatoms. The summed E-state index contributed by atoms with van der Waals surface area (Å²) >= 11 is 0. The fourth-order valence-corrected chi connectivity index (χ4v) is 2.11. The van der Waals surface area contributed by atoms with Crippen LogP contribution in [0.2, 0.25) is 0 Å². The van der Waals surface area contributed by atoms with Gasteiger partial charge in [-0.3, -0.25) is 9.59 Å². The molecule has 0 fully saturated rings. The highest BCUT2D eigenvalue weighted by Gasteiger charge is 2.19. The maximum absolute atomic E-state index is 12.8. The molecule has 1 heterocycles. The summed E-state index contributed by atoms with van der Waals surface area (Å²) in [5.74, 6) is -0.402. The zero-order chi connectivity index (χ0) is 16.3. The highest BCUT2D eigenvalue weighted by atomic mass is 19.1. The van der Waals surface area contributed by atoms with Crippen molar-refractivity contribution in [1.29, 1.82) is 0 Å². The summed E-state index contributed by atoms with van der Waals surface area (Å²) < 4.78 is 18.1. The number of carbonyl (C=O) groups is 2. The van der Waals surface area contributed by atoms with E-state index in [1.54, 1.807) is 20.8 Å². The van der Waals surface area contributed by atoms with Crippen LogP contribution < -0.4 is 5.32 Å². The molecule has 0 bridgehead atoms. The van der Waals surface area contributed by atoms with Gasteiger partial charge in [0.25, 0.3) is 5.91 Å². The third-order valence-electron chi connectivity index (χ3n) is 3.15. The van der Waals surface area contributed by atoms with E-state index in [9.17, 15) is 14.0 Å². The summed E-state index contributed by atoms with van der Waals surface area (Å²) in [5.41, 5.74) is 0.918. The molecule has 1 aromatic carbocycles. The summed E-state index contributed by atoms with van der Waals surface area (Å²) in [5, 5.41) is 2.69.